The molecule has 1 atom stereocenters. The predicted octanol–water partition coefficient (Wildman–Crippen LogP) is 3.82. The molecule has 0 spiro atoms. The summed E-state index contributed by atoms with van der Waals surface area (Å²) in [6, 6.07) is 16.7. The summed E-state index contributed by atoms with van der Waals surface area (Å²) in [6.07, 6.45) is -0.484. The van der Waals surface area contributed by atoms with Crippen LogP contribution in [0.5, 0.6) is 0 Å². The van der Waals surface area contributed by atoms with E-state index in [9.17, 15) is 14.2 Å². The Morgan fingerprint density at radius 2 is 1.37 bits per heavy atom. The van der Waals surface area contributed by atoms with Crippen molar-refractivity contribution in [3.8, 4) is 0 Å². The Kier molecular flexibility index (Phi) is 6.92. The highest BCUT2D eigenvalue weighted by Crippen LogP contribution is 2.50. The normalized spacial score (nSPS) is 11.6. The third-order valence-corrected chi connectivity index (χ3v) is 7.42. The lowest BCUT2D eigenvalue weighted by Crippen LogP contribution is -2.31. The predicted molar refractivity (Wildman–Crippen MR) is 101 cm³/mol. The van der Waals surface area contributed by atoms with Gasteiger partial charge >= 0.3 is 0 Å². The summed E-state index contributed by atoms with van der Waals surface area (Å²) in [6.45, 7) is 0. The summed E-state index contributed by atoms with van der Waals surface area (Å²) in [7, 11) is -3.60. The van der Waals surface area contributed by atoms with Gasteiger partial charge in [-0.1, -0.05) is 60.7 Å². The molecule has 2 rings (SSSR count). The molecule has 0 heterocycles. The standard InChI is InChI=1S/C17H15N6O3P/c18-22-20-16(24)12-11-15(17(25)21-23-19)27(26,13-7-3-1-4-8-13)14-9-5-2-6-10-14/h1-10,15H,11-12H2. The van der Waals surface area contributed by atoms with Crippen LogP contribution < -0.4 is 10.6 Å². The van der Waals surface area contributed by atoms with E-state index >= 15 is 0 Å². The highest BCUT2D eigenvalue weighted by molar-refractivity contribution is 7.80. The van der Waals surface area contributed by atoms with Crippen molar-refractivity contribution in [3.05, 3.63) is 81.5 Å². The SMILES string of the molecule is [N-]=[N+]=NC(=O)CCC(C(=O)N=[N+]=[N-])P(=O)(c1ccccc1)c1ccccc1. The van der Waals surface area contributed by atoms with E-state index in [0.717, 1.165) is 0 Å². The lowest BCUT2D eigenvalue weighted by molar-refractivity contribution is -0.119. The molecular formula is C17H15N6O3P. The van der Waals surface area contributed by atoms with Crippen LogP contribution in [-0.2, 0) is 14.2 Å². The molecule has 1 unspecified atom stereocenters. The number of hydrogen-bond donors (Lipinski definition) is 0. The van der Waals surface area contributed by atoms with Gasteiger partial charge in [-0.05, 0) is 27.7 Å². The fraction of sp³-hybridized carbons (Fsp3) is 0.176. The summed E-state index contributed by atoms with van der Waals surface area (Å²) in [5.74, 6) is -1.72. The Morgan fingerprint density at radius 1 is 0.889 bits per heavy atom. The number of carbonyl (C=O) groups excluding carboxylic acids is 2. The number of carbonyl (C=O) groups is 2. The average molecular weight is 382 g/mol. The van der Waals surface area contributed by atoms with E-state index in [0.29, 0.717) is 10.6 Å². The van der Waals surface area contributed by atoms with Crippen molar-refractivity contribution in [2.45, 2.75) is 18.5 Å². The van der Waals surface area contributed by atoms with Crippen LogP contribution in [0.15, 0.2) is 70.9 Å². The van der Waals surface area contributed by atoms with Crippen LogP contribution in [0.3, 0.4) is 0 Å². The van der Waals surface area contributed by atoms with E-state index in [1.807, 2.05) is 0 Å². The lowest BCUT2D eigenvalue weighted by atomic mass is 10.2. The van der Waals surface area contributed by atoms with Crippen LogP contribution in [0.2, 0.25) is 0 Å². The number of rotatable bonds is 7. The summed E-state index contributed by atoms with van der Waals surface area (Å²) < 4.78 is 14.2. The number of nitrogens with zero attached hydrogens (tertiary/aromatic N) is 6. The molecule has 0 aliphatic heterocycles. The summed E-state index contributed by atoms with van der Waals surface area (Å²) in [5, 5.41) is 6.89. The molecular weight excluding hydrogens is 367 g/mol. The molecule has 0 radical (unpaired) electrons. The van der Waals surface area contributed by atoms with Crippen LogP contribution in [-0.4, -0.2) is 17.5 Å². The van der Waals surface area contributed by atoms with Crippen molar-refractivity contribution in [2.24, 2.45) is 10.2 Å². The molecule has 0 bridgehead atoms. The molecule has 10 heteroatoms. The van der Waals surface area contributed by atoms with E-state index in [-0.39, 0.29) is 12.8 Å². The first kappa shape index (κ1) is 19.9. The topological polar surface area (TPSA) is 149 Å². The Morgan fingerprint density at radius 3 is 1.81 bits per heavy atom. The van der Waals surface area contributed by atoms with E-state index in [2.05, 4.69) is 20.1 Å². The van der Waals surface area contributed by atoms with Crippen LogP contribution >= 0.6 is 7.14 Å². The zero-order chi connectivity index (χ0) is 19.7. The molecule has 27 heavy (non-hydrogen) atoms. The van der Waals surface area contributed by atoms with E-state index in [4.69, 9.17) is 11.1 Å². The molecule has 0 aliphatic carbocycles. The first-order valence-electron chi connectivity index (χ1n) is 7.92. The molecule has 0 aromatic heterocycles. The Bertz CT molecular complexity index is 923. The monoisotopic (exact) mass is 382 g/mol. The van der Waals surface area contributed by atoms with Crippen molar-refractivity contribution < 1.29 is 14.2 Å². The van der Waals surface area contributed by atoms with Gasteiger partial charge in [0.15, 0.2) is 7.14 Å². The quantitative estimate of drug-likeness (QED) is 0.310. The van der Waals surface area contributed by atoms with Gasteiger partial charge in [-0.3, -0.25) is 9.59 Å². The molecule has 0 aliphatic rings. The van der Waals surface area contributed by atoms with Crippen molar-refractivity contribution >= 4 is 29.6 Å². The largest absolute Gasteiger partial charge is 0.313 e. The van der Waals surface area contributed by atoms with E-state index in [1.165, 1.54) is 0 Å². The van der Waals surface area contributed by atoms with Gasteiger partial charge in [0.1, 0.15) is 0 Å². The maximum atomic E-state index is 14.2. The Balaban J connectivity index is 2.61. The summed E-state index contributed by atoms with van der Waals surface area (Å²) in [5.41, 5.74) is 15.8. The zero-order valence-corrected chi connectivity index (χ0v) is 15.0. The molecule has 2 aromatic rings. The lowest BCUT2D eigenvalue weighted by Gasteiger charge is -2.26. The number of amides is 2. The molecule has 2 amide bonds. The average Bonchev–Trinajstić information content (AvgIpc) is 2.69. The second-order valence-electron chi connectivity index (χ2n) is 5.49. The Labute approximate surface area is 154 Å². The fourth-order valence-electron chi connectivity index (χ4n) is 2.74. The van der Waals surface area contributed by atoms with Gasteiger partial charge in [-0.25, -0.2) is 0 Å². The maximum absolute atomic E-state index is 14.2. The van der Waals surface area contributed by atoms with Crippen LogP contribution in [0, 0.1) is 0 Å². The third-order valence-electron chi connectivity index (χ3n) is 3.93. The van der Waals surface area contributed by atoms with Gasteiger partial charge in [0.2, 0.25) is 11.8 Å². The summed E-state index contributed by atoms with van der Waals surface area (Å²) in [4.78, 5) is 29.0. The number of azide groups is 2. The maximum Gasteiger partial charge on any atom is 0.229 e. The van der Waals surface area contributed by atoms with Crippen LogP contribution in [0.4, 0.5) is 0 Å². The highest BCUT2D eigenvalue weighted by atomic mass is 31.2. The first-order chi connectivity index (χ1) is 13.0. The van der Waals surface area contributed by atoms with Crippen molar-refractivity contribution in [1.82, 2.24) is 0 Å². The third kappa shape index (κ3) is 4.63. The molecule has 0 saturated carbocycles. The first-order valence-corrected chi connectivity index (χ1v) is 9.69. The van der Waals surface area contributed by atoms with Crippen LogP contribution in [0.1, 0.15) is 12.8 Å². The minimum atomic E-state index is -3.60. The van der Waals surface area contributed by atoms with Gasteiger partial charge in [0, 0.05) is 26.9 Å². The van der Waals surface area contributed by atoms with Gasteiger partial charge in [-0.2, -0.15) is 0 Å². The van der Waals surface area contributed by atoms with E-state index < -0.39 is 24.6 Å². The molecule has 0 fully saturated rings. The molecule has 2 aromatic carbocycles. The fourth-order valence-corrected chi connectivity index (χ4v) is 5.84. The van der Waals surface area contributed by atoms with Gasteiger partial charge in [-0.15, -0.1) is 0 Å². The van der Waals surface area contributed by atoms with Crippen LogP contribution in [0.25, 0.3) is 20.9 Å². The summed E-state index contributed by atoms with van der Waals surface area (Å²) >= 11 is 0. The van der Waals surface area contributed by atoms with Gasteiger partial charge in [0.25, 0.3) is 0 Å². The second kappa shape index (κ2) is 9.36. The van der Waals surface area contributed by atoms with Gasteiger partial charge < -0.3 is 4.57 Å². The zero-order valence-electron chi connectivity index (χ0n) is 14.1. The molecule has 0 saturated heterocycles. The minimum Gasteiger partial charge on any atom is -0.313 e. The minimum absolute atomic E-state index is 0.184. The Hall–Kier alpha value is -3.37. The van der Waals surface area contributed by atoms with Crippen molar-refractivity contribution in [1.29, 1.82) is 0 Å². The van der Waals surface area contributed by atoms with E-state index in [1.54, 1.807) is 60.7 Å². The van der Waals surface area contributed by atoms with Crippen molar-refractivity contribution in [2.75, 3.05) is 0 Å². The van der Waals surface area contributed by atoms with Crippen molar-refractivity contribution in [3.63, 3.8) is 0 Å². The smallest absolute Gasteiger partial charge is 0.229 e. The number of benzene rings is 2. The number of hydrogen-bond acceptors (Lipinski definition) is 3. The molecule has 9 nitrogen and oxygen atoms in total. The second-order valence-corrected chi connectivity index (χ2v) is 8.47. The highest BCUT2D eigenvalue weighted by Gasteiger charge is 2.40. The molecule has 0 N–H and O–H groups in total. The van der Waals surface area contributed by atoms with Gasteiger partial charge in [0.05, 0.1) is 5.66 Å². The molecule has 136 valence electrons.